The molecule has 0 aromatic carbocycles. The lowest BCUT2D eigenvalue weighted by molar-refractivity contribution is -0.123. The molecule has 0 fully saturated rings. The highest BCUT2D eigenvalue weighted by Gasteiger charge is 2.16. The Morgan fingerprint density at radius 3 is 2.88 bits per heavy atom. The van der Waals surface area contributed by atoms with Crippen LogP contribution in [0.5, 0.6) is 0 Å². The maximum atomic E-state index is 12.1. The van der Waals surface area contributed by atoms with Crippen LogP contribution in [-0.4, -0.2) is 37.2 Å². The van der Waals surface area contributed by atoms with Crippen molar-refractivity contribution in [3.05, 3.63) is 82.2 Å². The first-order valence-electron chi connectivity index (χ1n) is 8.71. The predicted molar refractivity (Wildman–Crippen MR) is 114 cm³/mol. The van der Waals surface area contributed by atoms with Crippen molar-refractivity contribution in [3.8, 4) is 0 Å². The number of hydrogen-bond acceptors (Lipinski definition) is 3. The van der Waals surface area contributed by atoms with E-state index in [0.717, 1.165) is 28.9 Å². The van der Waals surface area contributed by atoms with Crippen LogP contribution in [0.3, 0.4) is 0 Å². The molecule has 0 saturated heterocycles. The molecule has 1 unspecified atom stereocenters. The van der Waals surface area contributed by atoms with Crippen molar-refractivity contribution < 1.29 is 4.79 Å². The number of hydrogen-bond donors (Lipinski definition) is 0. The number of allylic oxidation sites excluding steroid dienone is 10. The second-order valence-corrected chi connectivity index (χ2v) is 7.16. The second-order valence-electron chi connectivity index (χ2n) is 6.25. The van der Waals surface area contributed by atoms with E-state index < -0.39 is 0 Å². The van der Waals surface area contributed by atoms with Gasteiger partial charge in [-0.05, 0) is 42.4 Å². The summed E-state index contributed by atoms with van der Waals surface area (Å²) >= 11 is 1.46. The van der Waals surface area contributed by atoms with Crippen molar-refractivity contribution in [2.24, 2.45) is 4.99 Å². The number of amides is 1. The Labute approximate surface area is 161 Å². The number of aliphatic imine (C=N–C) groups is 1. The first kappa shape index (κ1) is 20.0. The molecule has 4 heteroatoms. The van der Waals surface area contributed by atoms with Crippen molar-refractivity contribution in [1.82, 2.24) is 4.90 Å². The predicted octanol–water partition coefficient (Wildman–Crippen LogP) is 4.99. The molecule has 26 heavy (non-hydrogen) atoms. The summed E-state index contributed by atoms with van der Waals surface area (Å²) in [5, 5.41) is 2.03. The van der Waals surface area contributed by atoms with E-state index in [1.54, 1.807) is 25.1 Å². The van der Waals surface area contributed by atoms with Crippen molar-refractivity contribution in [2.45, 2.75) is 25.8 Å². The molecule has 2 aliphatic rings. The molecule has 3 nitrogen and oxygen atoms in total. The van der Waals surface area contributed by atoms with Crippen LogP contribution in [0.25, 0.3) is 0 Å². The normalized spacial score (nSPS) is 19.9. The molecule has 0 aromatic rings. The van der Waals surface area contributed by atoms with Crippen LogP contribution in [0.1, 0.15) is 19.8 Å². The summed E-state index contributed by atoms with van der Waals surface area (Å²) in [6, 6.07) is 0.204. The minimum atomic E-state index is 0.0237. The second kappa shape index (κ2) is 9.97. The fourth-order valence-corrected chi connectivity index (χ4v) is 3.49. The highest BCUT2D eigenvalue weighted by atomic mass is 32.2. The Bertz CT molecular complexity index is 761. The molecule has 0 aromatic heterocycles. The minimum Gasteiger partial charge on any atom is -0.344 e. The van der Waals surface area contributed by atoms with Gasteiger partial charge >= 0.3 is 0 Å². The smallest absolute Gasteiger partial charge is 0.260 e. The first-order valence-corrected chi connectivity index (χ1v) is 9.59. The van der Waals surface area contributed by atoms with E-state index in [1.165, 1.54) is 17.3 Å². The lowest BCUT2D eigenvalue weighted by Crippen LogP contribution is -2.22. The molecule has 0 N–H and O–H groups in total. The van der Waals surface area contributed by atoms with Gasteiger partial charge in [-0.3, -0.25) is 9.79 Å². The molecule has 0 saturated carbocycles. The molecule has 2 aliphatic heterocycles. The SMILES string of the molecule is C=CC=CC(=CC)CCC1C=C(C2=CSC(C(=O)N(C)C)=CC=C2)C=N1. The van der Waals surface area contributed by atoms with Crippen molar-refractivity contribution in [1.29, 1.82) is 0 Å². The highest BCUT2D eigenvalue weighted by Crippen LogP contribution is 2.29. The molecule has 1 atom stereocenters. The third-order valence-corrected chi connectivity index (χ3v) is 5.05. The summed E-state index contributed by atoms with van der Waals surface area (Å²) in [6.07, 6.45) is 19.9. The number of nitrogens with zero attached hydrogens (tertiary/aromatic N) is 2. The van der Waals surface area contributed by atoms with Gasteiger partial charge in [-0.25, -0.2) is 0 Å². The summed E-state index contributed by atoms with van der Waals surface area (Å²) < 4.78 is 0. The van der Waals surface area contributed by atoms with Gasteiger partial charge < -0.3 is 4.90 Å². The lowest BCUT2D eigenvalue weighted by Gasteiger charge is -2.10. The van der Waals surface area contributed by atoms with Crippen molar-refractivity contribution in [2.75, 3.05) is 14.1 Å². The minimum absolute atomic E-state index is 0.0237. The third kappa shape index (κ3) is 5.60. The zero-order chi connectivity index (χ0) is 18.9. The molecular formula is C22H26N2OS. The van der Waals surface area contributed by atoms with Gasteiger partial charge in [-0.2, -0.15) is 0 Å². The van der Waals surface area contributed by atoms with E-state index in [4.69, 9.17) is 0 Å². The Morgan fingerprint density at radius 2 is 2.19 bits per heavy atom. The Kier molecular flexibility index (Phi) is 7.67. The molecule has 0 radical (unpaired) electrons. The Balaban J connectivity index is 1.98. The fourth-order valence-electron chi connectivity index (χ4n) is 2.58. The van der Waals surface area contributed by atoms with E-state index >= 15 is 0 Å². The van der Waals surface area contributed by atoms with Gasteiger partial charge in [0.1, 0.15) is 0 Å². The van der Waals surface area contributed by atoms with Crippen LogP contribution in [0.4, 0.5) is 0 Å². The monoisotopic (exact) mass is 366 g/mol. The number of likely N-dealkylation sites (N-methyl/N-ethyl adjacent to an activating group) is 1. The van der Waals surface area contributed by atoms with Crippen LogP contribution in [-0.2, 0) is 4.79 Å². The first-order chi connectivity index (χ1) is 12.5. The molecule has 0 spiro atoms. The quantitative estimate of drug-likeness (QED) is 0.594. The number of carbonyl (C=O) groups excluding carboxylic acids is 1. The van der Waals surface area contributed by atoms with Crippen LogP contribution in [0, 0.1) is 0 Å². The molecule has 0 aliphatic carbocycles. The highest BCUT2D eigenvalue weighted by molar-refractivity contribution is 8.06. The van der Waals surface area contributed by atoms with Crippen LogP contribution in [0.2, 0.25) is 0 Å². The van der Waals surface area contributed by atoms with Crippen molar-refractivity contribution >= 4 is 23.9 Å². The summed E-state index contributed by atoms with van der Waals surface area (Å²) in [4.78, 5) is 19.0. The molecule has 2 rings (SSSR count). The van der Waals surface area contributed by atoms with E-state index in [9.17, 15) is 4.79 Å². The Hall–Kier alpha value is -2.33. The number of rotatable bonds is 7. The van der Waals surface area contributed by atoms with E-state index in [1.807, 2.05) is 35.9 Å². The molecular weight excluding hydrogens is 340 g/mol. The fraction of sp³-hybridized carbons (Fsp3) is 0.273. The summed E-state index contributed by atoms with van der Waals surface area (Å²) in [7, 11) is 3.53. The standard InChI is InChI=1S/C22H26N2OS/c1-5-7-9-17(6-2)12-13-20-14-19(15-23-20)18-10-8-11-21(26-16-18)22(25)24(3)4/h5-11,14-16,20H,1,12-13H2,2-4H3. The van der Waals surface area contributed by atoms with Crippen LogP contribution in [0.15, 0.2) is 87.2 Å². The maximum Gasteiger partial charge on any atom is 0.260 e. The topological polar surface area (TPSA) is 32.7 Å². The van der Waals surface area contributed by atoms with Gasteiger partial charge in [0.25, 0.3) is 5.91 Å². The number of carbonyl (C=O) groups is 1. The van der Waals surface area contributed by atoms with E-state index in [-0.39, 0.29) is 11.9 Å². The largest absolute Gasteiger partial charge is 0.344 e. The van der Waals surface area contributed by atoms with Gasteiger partial charge in [-0.15, -0.1) is 0 Å². The van der Waals surface area contributed by atoms with E-state index in [2.05, 4.69) is 36.7 Å². The summed E-state index contributed by atoms with van der Waals surface area (Å²) in [5.41, 5.74) is 3.51. The number of thioether (sulfide) groups is 1. The Morgan fingerprint density at radius 1 is 1.38 bits per heavy atom. The van der Waals surface area contributed by atoms with Gasteiger partial charge in [0.05, 0.1) is 10.9 Å². The van der Waals surface area contributed by atoms with Gasteiger partial charge in [0, 0.05) is 20.3 Å². The molecule has 2 heterocycles. The average molecular weight is 367 g/mol. The third-order valence-electron chi connectivity index (χ3n) is 4.11. The van der Waals surface area contributed by atoms with E-state index in [0.29, 0.717) is 0 Å². The molecule has 1 amide bonds. The summed E-state index contributed by atoms with van der Waals surface area (Å²) in [6.45, 7) is 5.77. The van der Waals surface area contributed by atoms with Crippen molar-refractivity contribution in [3.63, 3.8) is 0 Å². The van der Waals surface area contributed by atoms with Gasteiger partial charge in [-0.1, -0.05) is 66.4 Å². The average Bonchev–Trinajstić information content (AvgIpc) is 2.97. The lowest BCUT2D eigenvalue weighted by atomic mass is 10.0. The molecule has 0 bridgehead atoms. The van der Waals surface area contributed by atoms with Crippen LogP contribution >= 0.6 is 11.8 Å². The zero-order valence-electron chi connectivity index (χ0n) is 15.7. The van der Waals surface area contributed by atoms with Gasteiger partial charge in [0.15, 0.2) is 0 Å². The molecule has 136 valence electrons. The summed E-state index contributed by atoms with van der Waals surface area (Å²) in [5.74, 6) is 0.0237. The van der Waals surface area contributed by atoms with Crippen LogP contribution < -0.4 is 0 Å². The van der Waals surface area contributed by atoms with Gasteiger partial charge in [0.2, 0.25) is 0 Å². The maximum absolute atomic E-state index is 12.1. The zero-order valence-corrected chi connectivity index (χ0v) is 16.5.